The fourth-order valence-corrected chi connectivity index (χ4v) is 2.51. The third-order valence-electron chi connectivity index (χ3n) is 3.35. The largest absolute Gasteiger partial charge is 0.392 e. The van der Waals surface area contributed by atoms with E-state index >= 15 is 0 Å². The van der Waals surface area contributed by atoms with Crippen LogP contribution in [0.2, 0.25) is 0 Å². The number of aryl methyl sites for hydroxylation is 1. The van der Waals surface area contributed by atoms with Gasteiger partial charge >= 0.3 is 0 Å². The molecule has 0 spiro atoms. The number of nitrogens with zero attached hydrogens (tertiary/aromatic N) is 2. The highest BCUT2D eigenvalue weighted by atomic mass is 16.3. The molecular formula is C16H25N3O. The maximum Gasteiger partial charge on any atom is 0.137 e. The van der Waals surface area contributed by atoms with E-state index in [0.717, 1.165) is 30.0 Å². The molecule has 2 heterocycles. The zero-order valence-corrected chi connectivity index (χ0v) is 12.8. The number of aliphatic hydroxyl groups is 1. The Morgan fingerprint density at radius 1 is 1.35 bits per heavy atom. The molecule has 0 radical (unpaired) electrons. The van der Waals surface area contributed by atoms with Gasteiger partial charge in [-0.25, -0.2) is 4.98 Å². The maximum absolute atomic E-state index is 10.0. The van der Waals surface area contributed by atoms with Crippen molar-refractivity contribution in [3.63, 3.8) is 0 Å². The van der Waals surface area contributed by atoms with E-state index in [9.17, 15) is 5.11 Å². The van der Waals surface area contributed by atoms with Gasteiger partial charge in [-0.15, -0.1) is 0 Å². The molecule has 4 nitrogen and oxygen atoms in total. The normalized spacial score (nSPS) is 13.8. The highest BCUT2D eigenvalue weighted by Gasteiger charge is 2.16. The highest BCUT2D eigenvalue weighted by molar-refractivity contribution is 5.42. The fourth-order valence-electron chi connectivity index (χ4n) is 2.51. The smallest absolute Gasteiger partial charge is 0.137 e. The van der Waals surface area contributed by atoms with Crippen LogP contribution in [0.1, 0.15) is 38.6 Å². The number of imidazole rings is 1. The Morgan fingerprint density at radius 2 is 2.10 bits per heavy atom. The van der Waals surface area contributed by atoms with Gasteiger partial charge < -0.3 is 14.8 Å². The van der Waals surface area contributed by atoms with Crippen LogP contribution in [0, 0.1) is 12.3 Å². The van der Waals surface area contributed by atoms with Crippen LogP contribution in [0.25, 0.3) is 5.65 Å². The molecular weight excluding hydrogens is 250 g/mol. The molecule has 0 saturated carbocycles. The van der Waals surface area contributed by atoms with Crippen molar-refractivity contribution in [2.45, 2.75) is 46.8 Å². The Kier molecular flexibility index (Phi) is 4.45. The van der Waals surface area contributed by atoms with Crippen molar-refractivity contribution in [2.75, 3.05) is 6.54 Å². The molecule has 20 heavy (non-hydrogen) atoms. The molecule has 1 unspecified atom stereocenters. The van der Waals surface area contributed by atoms with Gasteiger partial charge in [-0.1, -0.05) is 26.8 Å². The molecule has 2 rings (SSSR count). The first-order valence-electron chi connectivity index (χ1n) is 7.18. The van der Waals surface area contributed by atoms with Gasteiger partial charge in [0.2, 0.25) is 0 Å². The van der Waals surface area contributed by atoms with Crippen LogP contribution < -0.4 is 5.32 Å². The van der Waals surface area contributed by atoms with Gasteiger partial charge in [-0.05, 0) is 30.9 Å². The number of rotatable bonds is 5. The molecule has 2 aromatic rings. The minimum absolute atomic E-state index is 0.153. The summed E-state index contributed by atoms with van der Waals surface area (Å²) >= 11 is 0. The second-order valence-electron chi connectivity index (χ2n) is 6.62. The molecule has 110 valence electrons. The molecule has 0 aromatic carbocycles. The molecule has 2 aromatic heterocycles. The van der Waals surface area contributed by atoms with E-state index in [4.69, 9.17) is 0 Å². The van der Waals surface area contributed by atoms with Gasteiger partial charge in [0.15, 0.2) is 0 Å². The van der Waals surface area contributed by atoms with Crippen molar-refractivity contribution < 1.29 is 5.11 Å². The van der Waals surface area contributed by atoms with Crippen molar-refractivity contribution in [3.05, 3.63) is 35.8 Å². The zero-order chi connectivity index (χ0) is 14.8. The molecule has 1 atom stereocenters. The number of aromatic nitrogens is 2. The van der Waals surface area contributed by atoms with Crippen LogP contribution in [-0.2, 0) is 6.54 Å². The molecule has 0 saturated heterocycles. The predicted octanol–water partition coefficient (Wildman–Crippen LogP) is 2.53. The lowest BCUT2D eigenvalue weighted by molar-refractivity contribution is 0.119. The number of fused-ring (bicyclic) bond motifs is 1. The van der Waals surface area contributed by atoms with Gasteiger partial charge in [-0.3, -0.25) is 0 Å². The van der Waals surface area contributed by atoms with Crippen molar-refractivity contribution in [1.29, 1.82) is 0 Å². The molecule has 0 fully saturated rings. The van der Waals surface area contributed by atoms with Crippen LogP contribution in [0.15, 0.2) is 24.4 Å². The average Bonchev–Trinajstić information content (AvgIpc) is 2.64. The van der Waals surface area contributed by atoms with E-state index in [1.807, 2.05) is 31.3 Å². The van der Waals surface area contributed by atoms with Crippen LogP contribution in [0.4, 0.5) is 0 Å². The summed E-state index contributed by atoms with van der Waals surface area (Å²) in [5.74, 6) is 0. The Morgan fingerprint density at radius 3 is 2.80 bits per heavy atom. The maximum atomic E-state index is 10.0. The summed E-state index contributed by atoms with van der Waals surface area (Å²) < 4.78 is 2.10. The number of nitrogens with one attached hydrogen (secondary N) is 1. The van der Waals surface area contributed by atoms with Crippen molar-refractivity contribution in [3.8, 4) is 0 Å². The van der Waals surface area contributed by atoms with Crippen molar-refractivity contribution >= 4 is 5.65 Å². The van der Waals surface area contributed by atoms with E-state index in [-0.39, 0.29) is 11.5 Å². The Bertz CT molecular complexity index is 569. The highest BCUT2D eigenvalue weighted by Crippen LogP contribution is 2.20. The van der Waals surface area contributed by atoms with Crippen LogP contribution in [0.5, 0.6) is 0 Å². The van der Waals surface area contributed by atoms with E-state index in [1.54, 1.807) is 0 Å². The SMILES string of the molecule is Cc1nc2ccccn2c1CNCC(O)CC(C)(C)C. The number of aliphatic hydroxyl groups excluding tert-OH is 1. The van der Waals surface area contributed by atoms with E-state index in [2.05, 4.69) is 35.5 Å². The number of pyridine rings is 1. The summed E-state index contributed by atoms with van der Waals surface area (Å²) in [4.78, 5) is 4.53. The third kappa shape index (κ3) is 3.81. The van der Waals surface area contributed by atoms with Crippen molar-refractivity contribution in [2.24, 2.45) is 5.41 Å². The summed E-state index contributed by atoms with van der Waals surface area (Å²) in [6.07, 6.45) is 2.51. The number of hydrogen-bond acceptors (Lipinski definition) is 3. The molecule has 0 aliphatic carbocycles. The lowest BCUT2D eigenvalue weighted by Crippen LogP contribution is -2.30. The van der Waals surface area contributed by atoms with Crippen LogP contribution in [0.3, 0.4) is 0 Å². The second-order valence-corrected chi connectivity index (χ2v) is 6.62. The monoisotopic (exact) mass is 275 g/mol. The summed E-state index contributed by atoms with van der Waals surface area (Å²) in [5, 5.41) is 13.3. The molecule has 0 aliphatic rings. The minimum atomic E-state index is -0.311. The Balaban J connectivity index is 1.95. The summed E-state index contributed by atoms with van der Waals surface area (Å²) in [5.41, 5.74) is 3.31. The van der Waals surface area contributed by atoms with Crippen LogP contribution >= 0.6 is 0 Å². The number of hydrogen-bond donors (Lipinski definition) is 2. The van der Waals surface area contributed by atoms with Crippen molar-refractivity contribution in [1.82, 2.24) is 14.7 Å². The standard InChI is InChI=1S/C16H25N3O/c1-12-14(19-8-6-5-7-15(19)18-12)11-17-10-13(20)9-16(2,3)4/h5-8,13,17,20H,9-11H2,1-4H3. The van der Waals surface area contributed by atoms with Gasteiger partial charge in [0.05, 0.1) is 17.5 Å². The fraction of sp³-hybridized carbons (Fsp3) is 0.562. The van der Waals surface area contributed by atoms with Gasteiger partial charge in [0.1, 0.15) is 5.65 Å². The quantitative estimate of drug-likeness (QED) is 0.881. The molecule has 0 aliphatic heterocycles. The second kappa shape index (κ2) is 5.94. The zero-order valence-electron chi connectivity index (χ0n) is 12.8. The van der Waals surface area contributed by atoms with E-state index in [1.165, 1.54) is 0 Å². The van der Waals surface area contributed by atoms with E-state index in [0.29, 0.717) is 6.54 Å². The summed E-state index contributed by atoms with van der Waals surface area (Å²) in [7, 11) is 0. The minimum Gasteiger partial charge on any atom is -0.392 e. The summed E-state index contributed by atoms with van der Waals surface area (Å²) in [6.45, 7) is 9.78. The van der Waals surface area contributed by atoms with Gasteiger partial charge in [0, 0.05) is 19.3 Å². The lowest BCUT2D eigenvalue weighted by Gasteiger charge is -2.22. The van der Waals surface area contributed by atoms with Gasteiger partial charge in [-0.2, -0.15) is 0 Å². The first kappa shape index (κ1) is 15.0. The van der Waals surface area contributed by atoms with Gasteiger partial charge in [0.25, 0.3) is 0 Å². The third-order valence-corrected chi connectivity index (χ3v) is 3.35. The molecule has 4 heteroatoms. The average molecular weight is 275 g/mol. The Labute approximate surface area is 120 Å². The summed E-state index contributed by atoms with van der Waals surface area (Å²) in [6, 6.07) is 6.00. The first-order chi connectivity index (χ1) is 9.37. The van der Waals surface area contributed by atoms with E-state index < -0.39 is 0 Å². The molecule has 0 bridgehead atoms. The molecule has 2 N–H and O–H groups in total. The van der Waals surface area contributed by atoms with Crippen LogP contribution in [-0.4, -0.2) is 27.1 Å². The topological polar surface area (TPSA) is 49.6 Å². The molecule has 0 amide bonds. The predicted molar refractivity (Wildman–Crippen MR) is 81.7 cm³/mol. The Hall–Kier alpha value is -1.39. The first-order valence-corrected chi connectivity index (χ1v) is 7.18. The lowest BCUT2D eigenvalue weighted by atomic mass is 9.89.